The molecule has 0 aliphatic carbocycles. The van der Waals surface area contributed by atoms with Gasteiger partial charge in [-0.05, 0) is 30.7 Å². The fourth-order valence-corrected chi connectivity index (χ4v) is 1.81. The summed E-state index contributed by atoms with van der Waals surface area (Å²) in [5.74, 6) is 0.0319. The summed E-state index contributed by atoms with van der Waals surface area (Å²) < 4.78 is 18.0. The number of aryl methyl sites for hydroxylation is 1. The number of ketones is 1. The number of hydrogen-bond acceptors (Lipinski definition) is 2. The lowest BCUT2D eigenvalue weighted by Gasteiger charge is -2.01. The number of hydrogen-bond donors (Lipinski definition) is 0. The van der Waals surface area contributed by atoms with Gasteiger partial charge in [0.1, 0.15) is 11.6 Å². The SMILES string of the molecule is Cc1occc1C(=O)Cc1ccc(F)c(Cl)c1. The summed E-state index contributed by atoms with van der Waals surface area (Å²) >= 11 is 5.65. The molecule has 0 unspecified atom stereocenters. The summed E-state index contributed by atoms with van der Waals surface area (Å²) in [4.78, 5) is 11.9. The maximum absolute atomic E-state index is 12.9. The van der Waals surface area contributed by atoms with Crippen LogP contribution >= 0.6 is 11.6 Å². The molecule has 2 aromatic rings. The van der Waals surface area contributed by atoms with Crippen LogP contribution in [-0.2, 0) is 6.42 Å². The summed E-state index contributed by atoms with van der Waals surface area (Å²) in [6.45, 7) is 1.73. The Balaban J connectivity index is 2.19. The van der Waals surface area contributed by atoms with Gasteiger partial charge in [0.05, 0.1) is 16.8 Å². The number of furan rings is 1. The molecule has 4 heteroatoms. The highest BCUT2D eigenvalue weighted by Gasteiger charge is 2.12. The van der Waals surface area contributed by atoms with Gasteiger partial charge in [0.25, 0.3) is 0 Å². The second-order valence-electron chi connectivity index (χ2n) is 3.74. The molecule has 1 heterocycles. The van der Waals surface area contributed by atoms with Gasteiger partial charge in [-0.3, -0.25) is 4.79 Å². The zero-order valence-corrected chi connectivity index (χ0v) is 9.92. The molecular weight excluding hydrogens is 243 g/mol. The smallest absolute Gasteiger partial charge is 0.170 e. The highest BCUT2D eigenvalue weighted by atomic mass is 35.5. The van der Waals surface area contributed by atoms with Crippen molar-refractivity contribution < 1.29 is 13.6 Å². The van der Waals surface area contributed by atoms with Gasteiger partial charge in [-0.15, -0.1) is 0 Å². The Bertz CT molecular complexity index is 560. The fourth-order valence-electron chi connectivity index (χ4n) is 1.60. The summed E-state index contributed by atoms with van der Waals surface area (Å²) in [6, 6.07) is 5.90. The molecule has 0 aliphatic rings. The van der Waals surface area contributed by atoms with Crippen molar-refractivity contribution in [1.82, 2.24) is 0 Å². The third-order valence-electron chi connectivity index (χ3n) is 2.51. The van der Waals surface area contributed by atoms with Crippen molar-refractivity contribution in [2.24, 2.45) is 0 Å². The van der Waals surface area contributed by atoms with Gasteiger partial charge in [0, 0.05) is 6.42 Å². The normalized spacial score (nSPS) is 10.5. The molecule has 0 saturated heterocycles. The summed E-state index contributed by atoms with van der Waals surface area (Å²) in [6.07, 6.45) is 1.65. The quantitative estimate of drug-likeness (QED) is 0.778. The number of Topliss-reactive ketones (excluding diaryl/α,β-unsaturated/α-hetero) is 1. The molecule has 0 bridgehead atoms. The van der Waals surface area contributed by atoms with Crippen molar-refractivity contribution in [3.8, 4) is 0 Å². The predicted octanol–water partition coefficient (Wildman–Crippen LogP) is 3.81. The molecule has 2 nitrogen and oxygen atoms in total. The van der Waals surface area contributed by atoms with Gasteiger partial charge < -0.3 is 4.42 Å². The summed E-state index contributed by atoms with van der Waals surface area (Å²) in [5.41, 5.74) is 1.23. The molecule has 0 spiro atoms. The highest BCUT2D eigenvalue weighted by molar-refractivity contribution is 6.30. The van der Waals surface area contributed by atoms with Crippen LogP contribution in [0, 0.1) is 12.7 Å². The Labute approximate surface area is 103 Å². The van der Waals surface area contributed by atoms with Gasteiger partial charge in [0.15, 0.2) is 5.78 Å². The van der Waals surface area contributed by atoms with Crippen molar-refractivity contribution in [1.29, 1.82) is 0 Å². The minimum absolute atomic E-state index is 0.0271. The van der Waals surface area contributed by atoms with Crippen molar-refractivity contribution >= 4 is 17.4 Å². The first-order chi connectivity index (χ1) is 8.08. The topological polar surface area (TPSA) is 30.2 Å². The number of rotatable bonds is 3. The molecular formula is C13H10ClFO2. The Hall–Kier alpha value is -1.61. The lowest BCUT2D eigenvalue weighted by atomic mass is 10.0. The zero-order chi connectivity index (χ0) is 12.4. The van der Waals surface area contributed by atoms with E-state index in [9.17, 15) is 9.18 Å². The first-order valence-corrected chi connectivity index (χ1v) is 5.47. The average Bonchev–Trinajstić information content (AvgIpc) is 2.70. The molecule has 2 rings (SSSR count). The van der Waals surface area contributed by atoms with E-state index >= 15 is 0 Å². The maximum atomic E-state index is 12.9. The first kappa shape index (κ1) is 11.9. The Morgan fingerprint density at radius 1 is 1.41 bits per heavy atom. The number of benzene rings is 1. The number of carbonyl (C=O) groups is 1. The van der Waals surface area contributed by atoms with Crippen LogP contribution < -0.4 is 0 Å². The Kier molecular flexibility index (Phi) is 3.29. The molecule has 88 valence electrons. The average molecular weight is 253 g/mol. The van der Waals surface area contributed by atoms with Crippen molar-refractivity contribution in [2.75, 3.05) is 0 Å². The van der Waals surface area contributed by atoms with Gasteiger partial charge in [-0.25, -0.2) is 4.39 Å². The van der Waals surface area contributed by atoms with E-state index < -0.39 is 5.82 Å². The van der Waals surface area contributed by atoms with Crippen molar-refractivity contribution in [3.63, 3.8) is 0 Å². The van der Waals surface area contributed by atoms with Crippen LogP contribution in [0.15, 0.2) is 34.9 Å². The number of halogens is 2. The molecule has 1 aromatic carbocycles. The summed E-state index contributed by atoms with van der Waals surface area (Å²) in [7, 11) is 0. The maximum Gasteiger partial charge on any atom is 0.170 e. The van der Waals surface area contributed by atoms with E-state index in [1.807, 2.05) is 0 Å². The third kappa shape index (κ3) is 2.56. The lowest BCUT2D eigenvalue weighted by Crippen LogP contribution is -2.03. The molecule has 1 aromatic heterocycles. The van der Waals surface area contributed by atoms with E-state index in [2.05, 4.69) is 0 Å². The second kappa shape index (κ2) is 4.72. The Morgan fingerprint density at radius 3 is 2.76 bits per heavy atom. The number of carbonyl (C=O) groups excluding carboxylic acids is 1. The standard InChI is InChI=1S/C13H10ClFO2/c1-8-10(4-5-17-8)13(16)7-9-2-3-12(15)11(14)6-9/h2-6H,7H2,1H3. The minimum Gasteiger partial charge on any atom is -0.469 e. The second-order valence-corrected chi connectivity index (χ2v) is 4.15. The van der Waals surface area contributed by atoms with Crippen molar-refractivity contribution in [2.45, 2.75) is 13.3 Å². The van der Waals surface area contributed by atoms with E-state index in [4.69, 9.17) is 16.0 Å². The molecule has 0 radical (unpaired) electrons. The summed E-state index contributed by atoms with van der Waals surface area (Å²) in [5, 5.41) is 0.0271. The largest absolute Gasteiger partial charge is 0.469 e. The lowest BCUT2D eigenvalue weighted by molar-refractivity contribution is 0.0991. The third-order valence-corrected chi connectivity index (χ3v) is 2.80. The highest BCUT2D eigenvalue weighted by Crippen LogP contribution is 2.18. The van der Waals surface area contributed by atoms with Crippen LogP contribution in [0.25, 0.3) is 0 Å². The van der Waals surface area contributed by atoms with E-state index in [1.54, 1.807) is 19.1 Å². The van der Waals surface area contributed by atoms with E-state index in [1.165, 1.54) is 18.4 Å². The molecule has 0 atom stereocenters. The van der Waals surface area contributed by atoms with Gasteiger partial charge in [-0.2, -0.15) is 0 Å². The van der Waals surface area contributed by atoms with Crippen LogP contribution in [0.5, 0.6) is 0 Å². The molecule has 0 aliphatic heterocycles. The Morgan fingerprint density at radius 2 is 2.18 bits per heavy atom. The molecule has 0 fully saturated rings. The van der Waals surface area contributed by atoms with Crippen LogP contribution in [0.4, 0.5) is 4.39 Å². The molecule has 0 saturated carbocycles. The van der Waals surface area contributed by atoms with E-state index in [0.717, 1.165) is 0 Å². The first-order valence-electron chi connectivity index (χ1n) is 5.09. The fraction of sp³-hybridized carbons (Fsp3) is 0.154. The van der Waals surface area contributed by atoms with Crippen LogP contribution in [0.1, 0.15) is 21.7 Å². The van der Waals surface area contributed by atoms with Crippen LogP contribution in [0.2, 0.25) is 5.02 Å². The van der Waals surface area contributed by atoms with E-state index in [-0.39, 0.29) is 17.2 Å². The minimum atomic E-state index is -0.484. The van der Waals surface area contributed by atoms with Gasteiger partial charge >= 0.3 is 0 Å². The zero-order valence-electron chi connectivity index (χ0n) is 9.17. The van der Waals surface area contributed by atoms with Gasteiger partial charge in [-0.1, -0.05) is 17.7 Å². The van der Waals surface area contributed by atoms with Crippen LogP contribution in [-0.4, -0.2) is 5.78 Å². The monoisotopic (exact) mass is 252 g/mol. The van der Waals surface area contributed by atoms with E-state index in [0.29, 0.717) is 16.9 Å². The molecule has 0 amide bonds. The van der Waals surface area contributed by atoms with Crippen molar-refractivity contribution in [3.05, 3.63) is 58.3 Å². The van der Waals surface area contributed by atoms with Crippen LogP contribution in [0.3, 0.4) is 0 Å². The predicted molar refractivity (Wildman–Crippen MR) is 62.9 cm³/mol. The molecule has 0 N–H and O–H groups in total. The van der Waals surface area contributed by atoms with Gasteiger partial charge in [0.2, 0.25) is 0 Å². The molecule has 17 heavy (non-hydrogen) atoms.